The van der Waals surface area contributed by atoms with Gasteiger partial charge in [0, 0.05) is 67.7 Å². The van der Waals surface area contributed by atoms with Crippen molar-refractivity contribution in [1.29, 1.82) is 0 Å². The van der Waals surface area contributed by atoms with Crippen molar-refractivity contribution in [3.8, 4) is 0 Å². The van der Waals surface area contributed by atoms with Gasteiger partial charge in [-0.1, -0.05) is 36.4 Å². The van der Waals surface area contributed by atoms with Crippen LogP contribution < -0.4 is 4.90 Å². The second kappa shape index (κ2) is 8.03. The summed E-state index contributed by atoms with van der Waals surface area (Å²) in [4.78, 5) is 17.1. The molecule has 0 atom stereocenters. The molecule has 2 aromatic carbocycles. The van der Waals surface area contributed by atoms with E-state index in [0.29, 0.717) is 5.78 Å². The van der Waals surface area contributed by atoms with E-state index in [1.54, 1.807) is 0 Å². The van der Waals surface area contributed by atoms with Gasteiger partial charge in [-0.2, -0.15) is 0 Å². The molecule has 0 bridgehead atoms. The van der Waals surface area contributed by atoms with Gasteiger partial charge >= 0.3 is 0 Å². The zero-order valence-corrected chi connectivity index (χ0v) is 17.0. The molecule has 0 spiro atoms. The van der Waals surface area contributed by atoms with Crippen LogP contribution in [-0.4, -0.2) is 48.0 Å². The average molecular weight is 388 g/mol. The minimum absolute atomic E-state index is 0.328. The number of aryl methyl sites for hydroxylation is 1. The first-order valence-corrected chi connectivity index (χ1v) is 11.0. The molecular formula is C25H29N3O. The zero-order valence-electron chi connectivity index (χ0n) is 17.0. The Kier molecular flexibility index (Phi) is 5.11. The topological polar surface area (TPSA) is 28.5 Å². The minimum atomic E-state index is 0.328. The van der Waals surface area contributed by atoms with E-state index >= 15 is 0 Å². The summed E-state index contributed by atoms with van der Waals surface area (Å²) in [6.45, 7) is 6.55. The summed E-state index contributed by atoms with van der Waals surface area (Å²) in [6.07, 6.45) is 6.04. The van der Waals surface area contributed by atoms with Gasteiger partial charge in [0.2, 0.25) is 0 Å². The van der Waals surface area contributed by atoms with Gasteiger partial charge < -0.3 is 9.47 Å². The summed E-state index contributed by atoms with van der Waals surface area (Å²) in [6, 6.07) is 17.3. The number of carbonyl (C=O) groups is 1. The van der Waals surface area contributed by atoms with Crippen molar-refractivity contribution in [2.45, 2.75) is 32.2 Å². The number of fused-ring (bicyclic) bond motifs is 2. The van der Waals surface area contributed by atoms with Gasteiger partial charge in [-0.05, 0) is 43.3 Å². The Morgan fingerprint density at radius 2 is 1.66 bits per heavy atom. The Morgan fingerprint density at radius 3 is 2.55 bits per heavy atom. The van der Waals surface area contributed by atoms with Crippen LogP contribution in [0.2, 0.25) is 0 Å². The van der Waals surface area contributed by atoms with Gasteiger partial charge in [-0.3, -0.25) is 9.69 Å². The molecule has 3 aromatic rings. The quantitative estimate of drug-likeness (QED) is 0.651. The van der Waals surface area contributed by atoms with E-state index in [-0.39, 0.29) is 0 Å². The van der Waals surface area contributed by atoms with Crippen LogP contribution in [0.25, 0.3) is 10.8 Å². The first-order chi connectivity index (χ1) is 14.3. The molecule has 5 rings (SSSR count). The number of Topliss-reactive ketones (excluding diaryl/α,β-unsaturated/α-hetero) is 1. The van der Waals surface area contributed by atoms with Gasteiger partial charge in [-0.15, -0.1) is 0 Å². The van der Waals surface area contributed by atoms with Crippen molar-refractivity contribution in [1.82, 2.24) is 9.47 Å². The predicted molar refractivity (Wildman–Crippen MR) is 119 cm³/mol. The van der Waals surface area contributed by atoms with Crippen molar-refractivity contribution >= 4 is 22.2 Å². The Bertz CT molecular complexity index is 1010. The molecule has 1 aliphatic carbocycles. The van der Waals surface area contributed by atoms with Crippen molar-refractivity contribution in [3.05, 3.63) is 66.0 Å². The number of benzene rings is 2. The largest absolute Gasteiger partial charge is 0.368 e. The summed E-state index contributed by atoms with van der Waals surface area (Å²) < 4.78 is 2.32. The Labute approximate surface area is 172 Å². The summed E-state index contributed by atoms with van der Waals surface area (Å²) in [7, 11) is 0. The van der Waals surface area contributed by atoms with Crippen LogP contribution >= 0.6 is 0 Å². The fourth-order valence-electron chi connectivity index (χ4n) is 4.96. The van der Waals surface area contributed by atoms with E-state index in [9.17, 15) is 4.79 Å². The van der Waals surface area contributed by atoms with E-state index in [0.717, 1.165) is 70.5 Å². The first-order valence-electron chi connectivity index (χ1n) is 11.0. The number of aromatic nitrogens is 1. The zero-order chi connectivity index (χ0) is 19.6. The highest BCUT2D eigenvalue weighted by molar-refractivity contribution is 5.98. The van der Waals surface area contributed by atoms with Crippen LogP contribution in [0.3, 0.4) is 0 Å². The van der Waals surface area contributed by atoms with Gasteiger partial charge in [0.1, 0.15) is 0 Å². The number of nitrogens with zero attached hydrogens (tertiary/aromatic N) is 3. The third-order valence-electron chi connectivity index (χ3n) is 6.55. The number of hydrogen-bond donors (Lipinski definition) is 0. The summed E-state index contributed by atoms with van der Waals surface area (Å²) >= 11 is 0. The molecule has 150 valence electrons. The maximum Gasteiger partial charge on any atom is 0.164 e. The van der Waals surface area contributed by atoms with E-state index in [1.165, 1.54) is 22.2 Å². The van der Waals surface area contributed by atoms with Crippen molar-refractivity contribution in [2.75, 3.05) is 37.6 Å². The molecule has 0 amide bonds. The number of rotatable bonds is 5. The predicted octanol–water partition coefficient (Wildman–Crippen LogP) is 4.37. The fraction of sp³-hybridized carbons (Fsp3) is 0.400. The van der Waals surface area contributed by atoms with Crippen LogP contribution in [0.1, 0.15) is 35.3 Å². The van der Waals surface area contributed by atoms with Gasteiger partial charge in [0.05, 0.1) is 0 Å². The third-order valence-corrected chi connectivity index (χ3v) is 6.55. The molecule has 0 saturated carbocycles. The molecule has 1 aliphatic heterocycles. The van der Waals surface area contributed by atoms with E-state index < -0.39 is 0 Å². The molecule has 2 heterocycles. The summed E-state index contributed by atoms with van der Waals surface area (Å²) in [5, 5.41) is 2.68. The van der Waals surface area contributed by atoms with Crippen LogP contribution in [0, 0.1) is 0 Å². The van der Waals surface area contributed by atoms with Crippen molar-refractivity contribution in [2.24, 2.45) is 0 Å². The van der Waals surface area contributed by atoms with Crippen LogP contribution in [0.15, 0.2) is 54.7 Å². The number of ketones is 1. The maximum absolute atomic E-state index is 12.0. The van der Waals surface area contributed by atoms with E-state index in [2.05, 4.69) is 63.0 Å². The van der Waals surface area contributed by atoms with Crippen molar-refractivity contribution in [3.63, 3.8) is 0 Å². The lowest BCUT2D eigenvalue weighted by Gasteiger charge is -2.36. The molecule has 0 unspecified atom stereocenters. The molecule has 0 radical (unpaired) electrons. The highest BCUT2D eigenvalue weighted by atomic mass is 16.1. The molecule has 1 saturated heterocycles. The van der Waals surface area contributed by atoms with E-state index in [1.807, 2.05) is 6.07 Å². The maximum atomic E-state index is 12.0. The van der Waals surface area contributed by atoms with Crippen molar-refractivity contribution < 1.29 is 4.79 Å². The monoisotopic (exact) mass is 387 g/mol. The van der Waals surface area contributed by atoms with Gasteiger partial charge in [-0.25, -0.2) is 0 Å². The third kappa shape index (κ3) is 3.69. The van der Waals surface area contributed by atoms with Gasteiger partial charge in [0.25, 0.3) is 0 Å². The van der Waals surface area contributed by atoms with Crippen LogP contribution in [0.4, 0.5) is 5.69 Å². The number of anilines is 1. The lowest BCUT2D eigenvalue weighted by atomic mass is 9.97. The molecule has 1 fully saturated rings. The first kappa shape index (κ1) is 18.4. The minimum Gasteiger partial charge on any atom is -0.368 e. The highest BCUT2D eigenvalue weighted by Crippen LogP contribution is 2.27. The average Bonchev–Trinajstić information content (AvgIpc) is 3.18. The molecule has 4 nitrogen and oxygen atoms in total. The lowest BCUT2D eigenvalue weighted by Crippen LogP contribution is -2.46. The Morgan fingerprint density at radius 1 is 0.828 bits per heavy atom. The molecule has 2 aliphatic rings. The summed E-state index contributed by atoms with van der Waals surface area (Å²) in [5.41, 5.74) is 3.60. The second-order valence-corrected chi connectivity index (χ2v) is 8.33. The highest BCUT2D eigenvalue weighted by Gasteiger charge is 2.21. The molecular weight excluding hydrogens is 358 g/mol. The smallest absolute Gasteiger partial charge is 0.164 e. The SMILES string of the molecule is O=C1CCCc2c1ccn2CCCN1CCN(c2cccc3ccccc23)CC1. The Balaban J connectivity index is 1.15. The van der Waals surface area contributed by atoms with E-state index in [4.69, 9.17) is 0 Å². The number of piperazine rings is 1. The number of carbonyl (C=O) groups excluding carboxylic acids is 1. The Hall–Kier alpha value is -2.59. The standard InChI is InChI=1S/C25H29N3O/c29-25-11-4-10-24-22(25)12-15-27(24)14-5-13-26-16-18-28(19-17-26)23-9-3-7-20-6-1-2-8-21(20)23/h1-3,6-9,12,15H,4-5,10-11,13-14,16-19H2. The molecule has 29 heavy (non-hydrogen) atoms. The second-order valence-electron chi connectivity index (χ2n) is 8.33. The summed E-state index contributed by atoms with van der Waals surface area (Å²) in [5.74, 6) is 0.328. The lowest BCUT2D eigenvalue weighted by molar-refractivity contribution is 0.0971. The molecule has 1 aromatic heterocycles. The molecule has 0 N–H and O–H groups in total. The van der Waals surface area contributed by atoms with Crippen LogP contribution in [0.5, 0.6) is 0 Å². The van der Waals surface area contributed by atoms with Crippen LogP contribution in [-0.2, 0) is 13.0 Å². The fourth-order valence-corrected chi connectivity index (χ4v) is 4.96. The molecule has 4 heteroatoms. The number of hydrogen-bond acceptors (Lipinski definition) is 3. The van der Waals surface area contributed by atoms with Gasteiger partial charge in [0.15, 0.2) is 5.78 Å². The normalized spacial score (nSPS) is 17.7.